The van der Waals surface area contributed by atoms with E-state index < -0.39 is 9.85 Å². The fourth-order valence-corrected chi connectivity index (χ4v) is 3.11. The Labute approximate surface area is 132 Å². The van der Waals surface area contributed by atoms with E-state index in [2.05, 4.69) is 6.92 Å². The molecule has 0 aliphatic carbocycles. The van der Waals surface area contributed by atoms with Crippen molar-refractivity contribution < 1.29 is 9.85 Å². The second-order valence-electron chi connectivity index (χ2n) is 5.67. The number of hydrogen-bond donors (Lipinski definition) is 0. The third-order valence-electron chi connectivity index (χ3n) is 4.18. The van der Waals surface area contributed by atoms with Gasteiger partial charge in [0.05, 0.1) is 22.0 Å². The molecule has 23 heavy (non-hydrogen) atoms. The molecule has 2 aromatic rings. The highest BCUT2D eigenvalue weighted by Crippen LogP contribution is 2.45. The van der Waals surface area contributed by atoms with Crippen LogP contribution in [-0.4, -0.2) is 16.4 Å². The summed E-state index contributed by atoms with van der Waals surface area (Å²) in [5, 5.41) is 22.2. The average molecular weight is 313 g/mol. The van der Waals surface area contributed by atoms with Crippen LogP contribution in [0.4, 0.5) is 17.1 Å². The number of anilines is 1. The molecular weight excluding hydrogens is 298 g/mol. The summed E-state index contributed by atoms with van der Waals surface area (Å²) < 4.78 is 0. The lowest BCUT2D eigenvalue weighted by Gasteiger charge is -2.48. The molecule has 1 aliphatic rings. The molecule has 2 aromatic carbocycles. The van der Waals surface area contributed by atoms with Gasteiger partial charge >= 0.3 is 0 Å². The Hall–Kier alpha value is -2.96. The van der Waals surface area contributed by atoms with Gasteiger partial charge in [-0.2, -0.15) is 0 Å². The lowest BCUT2D eigenvalue weighted by atomic mass is 9.84. The van der Waals surface area contributed by atoms with Crippen LogP contribution in [0.1, 0.15) is 18.5 Å². The maximum atomic E-state index is 11.3. The molecule has 0 unspecified atom stereocenters. The number of rotatable bonds is 4. The fourth-order valence-electron chi connectivity index (χ4n) is 3.11. The van der Waals surface area contributed by atoms with Crippen molar-refractivity contribution in [3.8, 4) is 0 Å². The zero-order valence-corrected chi connectivity index (χ0v) is 12.5. The van der Waals surface area contributed by atoms with Gasteiger partial charge in [-0.05, 0) is 17.5 Å². The van der Waals surface area contributed by atoms with Crippen LogP contribution >= 0.6 is 0 Å². The summed E-state index contributed by atoms with van der Waals surface area (Å²) in [6.07, 6.45) is 0. The summed E-state index contributed by atoms with van der Waals surface area (Å²) >= 11 is 0. The summed E-state index contributed by atoms with van der Waals surface area (Å²) in [6, 6.07) is 13.6. The number of benzene rings is 2. The molecule has 1 fully saturated rings. The maximum absolute atomic E-state index is 11.3. The number of nitro groups is 2. The van der Waals surface area contributed by atoms with Crippen LogP contribution in [0.3, 0.4) is 0 Å². The molecule has 118 valence electrons. The van der Waals surface area contributed by atoms with Gasteiger partial charge in [0.25, 0.3) is 11.4 Å². The van der Waals surface area contributed by atoms with Crippen LogP contribution < -0.4 is 4.90 Å². The SMILES string of the molecule is C[C@@H]1CN(c2ccc([N+](=O)[O-])cc2[N+](=O)[O-])[C@@H]1c1ccccc1. The molecule has 3 rings (SSSR count). The smallest absolute Gasteiger partial charge is 0.299 e. The Morgan fingerprint density at radius 1 is 1.04 bits per heavy atom. The van der Waals surface area contributed by atoms with E-state index in [9.17, 15) is 20.2 Å². The van der Waals surface area contributed by atoms with Gasteiger partial charge in [-0.1, -0.05) is 37.3 Å². The largest absolute Gasteiger partial charge is 0.358 e. The molecule has 0 bridgehead atoms. The van der Waals surface area contributed by atoms with E-state index in [1.165, 1.54) is 12.1 Å². The van der Waals surface area contributed by atoms with E-state index in [0.29, 0.717) is 18.2 Å². The van der Waals surface area contributed by atoms with Crippen molar-refractivity contribution in [3.63, 3.8) is 0 Å². The molecule has 2 atom stereocenters. The van der Waals surface area contributed by atoms with E-state index >= 15 is 0 Å². The van der Waals surface area contributed by atoms with E-state index in [0.717, 1.165) is 11.6 Å². The number of hydrogen-bond acceptors (Lipinski definition) is 5. The Morgan fingerprint density at radius 3 is 2.30 bits per heavy atom. The Morgan fingerprint density at radius 2 is 1.74 bits per heavy atom. The molecule has 0 saturated carbocycles. The Bertz CT molecular complexity index is 763. The molecule has 1 aliphatic heterocycles. The molecule has 0 aromatic heterocycles. The molecular formula is C16H15N3O4. The zero-order valence-electron chi connectivity index (χ0n) is 12.5. The molecule has 0 N–H and O–H groups in total. The van der Waals surface area contributed by atoms with Gasteiger partial charge in [0.2, 0.25) is 0 Å². The average Bonchev–Trinajstić information content (AvgIpc) is 2.52. The molecule has 1 heterocycles. The van der Waals surface area contributed by atoms with Gasteiger partial charge in [0.15, 0.2) is 0 Å². The predicted molar refractivity (Wildman–Crippen MR) is 85.4 cm³/mol. The van der Waals surface area contributed by atoms with E-state index in [1.807, 2.05) is 35.2 Å². The topological polar surface area (TPSA) is 89.5 Å². The van der Waals surface area contributed by atoms with Crippen LogP contribution in [0.5, 0.6) is 0 Å². The lowest BCUT2D eigenvalue weighted by Crippen LogP contribution is -2.48. The van der Waals surface area contributed by atoms with Gasteiger partial charge in [-0.25, -0.2) is 0 Å². The normalized spacial score (nSPS) is 20.0. The third-order valence-corrected chi connectivity index (χ3v) is 4.18. The molecule has 1 saturated heterocycles. The number of non-ortho nitro benzene ring substituents is 1. The van der Waals surface area contributed by atoms with Crippen LogP contribution in [0, 0.1) is 26.1 Å². The predicted octanol–water partition coefficient (Wildman–Crippen LogP) is 3.70. The summed E-state index contributed by atoms with van der Waals surface area (Å²) in [5.74, 6) is 0.354. The van der Waals surface area contributed by atoms with Crippen molar-refractivity contribution in [3.05, 3.63) is 74.3 Å². The summed E-state index contributed by atoms with van der Waals surface area (Å²) in [7, 11) is 0. The van der Waals surface area contributed by atoms with Crippen LogP contribution in [-0.2, 0) is 0 Å². The number of nitrogens with zero attached hydrogens (tertiary/aromatic N) is 3. The minimum Gasteiger partial charge on any atom is -0.358 e. The second kappa shape index (κ2) is 5.68. The highest BCUT2D eigenvalue weighted by Gasteiger charge is 2.40. The highest BCUT2D eigenvalue weighted by atomic mass is 16.6. The van der Waals surface area contributed by atoms with E-state index in [1.54, 1.807) is 0 Å². The summed E-state index contributed by atoms with van der Waals surface area (Å²) in [5.41, 5.74) is 1.00. The Balaban J connectivity index is 2.01. The molecule has 0 radical (unpaired) electrons. The van der Waals surface area contributed by atoms with Crippen molar-refractivity contribution in [2.75, 3.05) is 11.4 Å². The third kappa shape index (κ3) is 2.61. The van der Waals surface area contributed by atoms with Crippen LogP contribution in [0.15, 0.2) is 48.5 Å². The van der Waals surface area contributed by atoms with Crippen LogP contribution in [0.2, 0.25) is 0 Å². The molecule has 0 spiro atoms. The van der Waals surface area contributed by atoms with E-state index in [-0.39, 0.29) is 17.4 Å². The van der Waals surface area contributed by atoms with Gasteiger partial charge in [-0.3, -0.25) is 20.2 Å². The van der Waals surface area contributed by atoms with Gasteiger partial charge in [0.1, 0.15) is 5.69 Å². The number of nitro benzene ring substituents is 2. The minimum atomic E-state index is -0.621. The monoisotopic (exact) mass is 313 g/mol. The first kappa shape index (κ1) is 15.0. The van der Waals surface area contributed by atoms with Gasteiger partial charge in [0, 0.05) is 12.6 Å². The van der Waals surface area contributed by atoms with Crippen molar-refractivity contribution in [2.24, 2.45) is 5.92 Å². The first-order valence-electron chi connectivity index (χ1n) is 7.23. The molecule has 0 amide bonds. The van der Waals surface area contributed by atoms with Gasteiger partial charge in [-0.15, -0.1) is 0 Å². The fraction of sp³-hybridized carbons (Fsp3) is 0.250. The zero-order chi connectivity index (χ0) is 16.6. The van der Waals surface area contributed by atoms with Crippen molar-refractivity contribution in [2.45, 2.75) is 13.0 Å². The first-order chi connectivity index (χ1) is 11.0. The summed E-state index contributed by atoms with van der Waals surface area (Å²) in [6.45, 7) is 2.77. The lowest BCUT2D eigenvalue weighted by molar-refractivity contribution is -0.393. The Kier molecular flexibility index (Phi) is 3.69. The highest BCUT2D eigenvalue weighted by molar-refractivity contribution is 5.69. The van der Waals surface area contributed by atoms with Crippen molar-refractivity contribution in [1.82, 2.24) is 0 Å². The van der Waals surface area contributed by atoms with Crippen LogP contribution in [0.25, 0.3) is 0 Å². The molecule has 7 heteroatoms. The minimum absolute atomic E-state index is 0.0383. The van der Waals surface area contributed by atoms with Gasteiger partial charge < -0.3 is 4.90 Å². The van der Waals surface area contributed by atoms with Crippen molar-refractivity contribution >= 4 is 17.1 Å². The first-order valence-corrected chi connectivity index (χ1v) is 7.23. The second-order valence-corrected chi connectivity index (χ2v) is 5.67. The van der Waals surface area contributed by atoms with Crippen molar-refractivity contribution in [1.29, 1.82) is 0 Å². The maximum Gasteiger partial charge on any atom is 0.299 e. The van der Waals surface area contributed by atoms with E-state index in [4.69, 9.17) is 0 Å². The standard InChI is InChI=1S/C16H15N3O4/c1-11-10-17(16(11)12-5-3-2-4-6-12)14-8-7-13(18(20)21)9-15(14)19(22)23/h2-9,11,16H,10H2,1H3/t11-,16+/m1/s1. The quantitative estimate of drug-likeness (QED) is 0.634. The molecule has 7 nitrogen and oxygen atoms in total. The summed E-state index contributed by atoms with van der Waals surface area (Å²) in [4.78, 5) is 22.9.